The largest absolute Gasteiger partial charge is 0.496 e. The van der Waals surface area contributed by atoms with Crippen LogP contribution < -0.4 is 10.2 Å². The second-order valence-corrected chi connectivity index (χ2v) is 7.28. The third-order valence-electron chi connectivity index (χ3n) is 4.47. The molecule has 166 valence electrons. The van der Waals surface area contributed by atoms with E-state index >= 15 is 0 Å². The Bertz CT molecular complexity index is 1140. The van der Waals surface area contributed by atoms with Crippen molar-refractivity contribution in [3.63, 3.8) is 0 Å². The van der Waals surface area contributed by atoms with Gasteiger partial charge in [-0.15, -0.1) is 0 Å². The Morgan fingerprint density at radius 2 is 1.90 bits per heavy atom. The van der Waals surface area contributed by atoms with E-state index in [9.17, 15) is 24.2 Å². The quantitative estimate of drug-likeness (QED) is 0.578. The minimum Gasteiger partial charge on any atom is -0.496 e. The van der Waals surface area contributed by atoms with Gasteiger partial charge >= 0.3 is 5.97 Å². The van der Waals surface area contributed by atoms with Gasteiger partial charge in [-0.3, -0.25) is 4.79 Å². The number of nitrogens with zero attached hydrogens (tertiary/aromatic N) is 1. The number of aromatic carboxylic acids is 1. The first-order valence-corrected chi connectivity index (χ1v) is 10.2. The maximum absolute atomic E-state index is 14.3. The molecule has 6 nitrogen and oxygen atoms in total. The summed E-state index contributed by atoms with van der Waals surface area (Å²) in [6, 6.07) is 7.70. The highest BCUT2D eigenvalue weighted by molar-refractivity contribution is 6.30. The first kappa shape index (κ1) is 24.4. The number of aliphatic hydroxyl groups is 1. The molecule has 3 aromatic rings. The van der Waals surface area contributed by atoms with E-state index in [1.54, 1.807) is 18.2 Å². The van der Waals surface area contributed by atoms with E-state index in [2.05, 4.69) is 13.8 Å². The van der Waals surface area contributed by atoms with Crippen molar-refractivity contribution in [1.29, 1.82) is 0 Å². The Labute approximate surface area is 184 Å². The van der Waals surface area contributed by atoms with Crippen LogP contribution in [0.2, 0.25) is 5.02 Å². The molecule has 0 aliphatic rings. The summed E-state index contributed by atoms with van der Waals surface area (Å²) in [4.78, 5) is 24.1. The van der Waals surface area contributed by atoms with E-state index in [1.165, 1.54) is 36.4 Å². The summed E-state index contributed by atoms with van der Waals surface area (Å²) >= 11 is 5.84. The number of rotatable bonds is 6. The number of hydrogen-bond acceptors (Lipinski definition) is 4. The zero-order valence-electron chi connectivity index (χ0n) is 17.6. The number of hydrogen-bond donors (Lipinski definition) is 2. The molecule has 0 spiro atoms. The molecule has 0 unspecified atom stereocenters. The van der Waals surface area contributed by atoms with Crippen LogP contribution in [-0.2, 0) is 13.0 Å². The second kappa shape index (κ2) is 10.9. The minimum absolute atomic E-state index is 0.0179. The monoisotopic (exact) mass is 449 g/mol. The fourth-order valence-corrected chi connectivity index (χ4v) is 3.32. The van der Waals surface area contributed by atoms with Crippen LogP contribution in [0.1, 0.15) is 41.8 Å². The van der Waals surface area contributed by atoms with Crippen molar-refractivity contribution >= 4 is 28.5 Å². The molecule has 0 radical (unpaired) electrons. The predicted octanol–water partition coefficient (Wildman–Crippen LogP) is 4.50. The number of aliphatic hydroxyl groups excluding tert-OH is 1. The topological polar surface area (TPSA) is 88.8 Å². The van der Waals surface area contributed by atoms with E-state index in [0.717, 1.165) is 0 Å². The van der Waals surface area contributed by atoms with Gasteiger partial charge in [-0.05, 0) is 23.3 Å². The lowest BCUT2D eigenvalue weighted by atomic mass is 10.00. The molecule has 0 amide bonds. The number of halogens is 2. The minimum atomic E-state index is -1.36. The van der Waals surface area contributed by atoms with Crippen LogP contribution in [0.15, 0.2) is 41.3 Å². The van der Waals surface area contributed by atoms with E-state index in [0.29, 0.717) is 22.4 Å². The highest BCUT2D eigenvalue weighted by atomic mass is 35.5. The molecule has 0 bridgehead atoms. The van der Waals surface area contributed by atoms with E-state index in [1.807, 2.05) is 0 Å². The predicted molar refractivity (Wildman–Crippen MR) is 119 cm³/mol. The van der Waals surface area contributed by atoms with Gasteiger partial charge in [-0.1, -0.05) is 44.0 Å². The lowest BCUT2D eigenvalue weighted by Gasteiger charge is -2.15. The van der Waals surface area contributed by atoms with Gasteiger partial charge in [0.1, 0.15) is 17.1 Å². The first-order valence-electron chi connectivity index (χ1n) is 9.80. The molecule has 0 fully saturated rings. The Morgan fingerprint density at radius 1 is 1.23 bits per heavy atom. The van der Waals surface area contributed by atoms with Crippen molar-refractivity contribution in [3.05, 3.63) is 74.3 Å². The Hall–Kier alpha value is -2.90. The third-order valence-corrected chi connectivity index (χ3v) is 4.76. The number of carboxylic acid groups (broad SMARTS) is 1. The van der Waals surface area contributed by atoms with Gasteiger partial charge in [-0.25, -0.2) is 9.18 Å². The van der Waals surface area contributed by atoms with Gasteiger partial charge in [0.15, 0.2) is 0 Å². The fourth-order valence-electron chi connectivity index (χ4n) is 3.13. The van der Waals surface area contributed by atoms with Gasteiger partial charge < -0.3 is 19.5 Å². The summed E-state index contributed by atoms with van der Waals surface area (Å²) in [5.74, 6) is -1.53. The Morgan fingerprint density at radius 3 is 2.48 bits per heavy atom. The molecule has 0 aliphatic carbocycles. The molecule has 2 aromatic carbocycles. The normalized spacial score (nSPS) is 10.5. The van der Waals surface area contributed by atoms with Gasteiger partial charge in [0.05, 0.1) is 24.3 Å². The number of ether oxygens (including phenoxy) is 1. The smallest absolute Gasteiger partial charge is 0.341 e. The molecule has 3 rings (SSSR count). The van der Waals surface area contributed by atoms with Gasteiger partial charge in [0, 0.05) is 30.6 Å². The molecule has 0 saturated carbocycles. The number of carboxylic acids is 1. The molecule has 0 saturated heterocycles. The van der Waals surface area contributed by atoms with Crippen molar-refractivity contribution < 1.29 is 24.1 Å². The molecular formula is C23H25ClFNO5. The molecule has 0 atom stereocenters. The van der Waals surface area contributed by atoms with Crippen LogP contribution in [0.5, 0.6) is 5.75 Å². The Balaban J connectivity index is 0.00000107. The second-order valence-electron chi connectivity index (χ2n) is 6.87. The van der Waals surface area contributed by atoms with Crippen molar-refractivity contribution in [2.75, 3.05) is 13.7 Å². The van der Waals surface area contributed by atoms with Crippen LogP contribution in [0.3, 0.4) is 0 Å². The zero-order chi connectivity index (χ0) is 23.1. The van der Waals surface area contributed by atoms with Gasteiger partial charge in [0.2, 0.25) is 5.43 Å². The van der Waals surface area contributed by atoms with E-state index < -0.39 is 22.8 Å². The van der Waals surface area contributed by atoms with Crippen LogP contribution in [0.4, 0.5) is 4.39 Å². The van der Waals surface area contributed by atoms with Crippen molar-refractivity contribution in [2.24, 2.45) is 0 Å². The standard InChI is InChI=1S/C20H17ClFNO5.C3H8/c1-28-17-9-16-13(19(25)14(20(26)27)10-23(16)5-6-24)8-12(17)7-11-3-2-4-15(21)18(11)22;1-3-2/h2-4,8-10,24H,5-7H2,1H3,(H,26,27);3H2,1-2H3. The van der Waals surface area contributed by atoms with Gasteiger partial charge in [-0.2, -0.15) is 0 Å². The van der Waals surface area contributed by atoms with Crippen LogP contribution >= 0.6 is 11.6 Å². The summed E-state index contributed by atoms with van der Waals surface area (Å²) in [5.41, 5.74) is 0.163. The molecular weight excluding hydrogens is 425 g/mol. The fraction of sp³-hybridized carbons (Fsp3) is 0.304. The van der Waals surface area contributed by atoms with Crippen molar-refractivity contribution in [2.45, 2.75) is 33.2 Å². The number of pyridine rings is 1. The van der Waals surface area contributed by atoms with Crippen molar-refractivity contribution in [1.82, 2.24) is 4.57 Å². The number of benzene rings is 2. The third kappa shape index (κ3) is 5.42. The number of methoxy groups -OCH3 is 1. The summed E-state index contributed by atoms with van der Waals surface area (Å²) in [7, 11) is 1.44. The summed E-state index contributed by atoms with van der Waals surface area (Å²) in [6.07, 6.45) is 2.54. The SMILES string of the molecule is CCC.COc1cc2c(cc1Cc1cccc(Cl)c1F)c(=O)c(C(=O)O)cn2CCO. The maximum atomic E-state index is 14.3. The number of fused-ring (bicyclic) bond motifs is 1. The van der Waals surface area contributed by atoms with Crippen LogP contribution in [0.25, 0.3) is 10.9 Å². The molecule has 0 aliphatic heterocycles. The lowest BCUT2D eigenvalue weighted by Crippen LogP contribution is -2.20. The highest BCUT2D eigenvalue weighted by Gasteiger charge is 2.18. The number of carbonyl (C=O) groups is 1. The highest BCUT2D eigenvalue weighted by Crippen LogP contribution is 2.29. The zero-order valence-corrected chi connectivity index (χ0v) is 18.4. The lowest BCUT2D eigenvalue weighted by molar-refractivity contribution is 0.0694. The van der Waals surface area contributed by atoms with Gasteiger partial charge in [0.25, 0.3) is 0 Å². The summed E-state index contributed by atoms with van der Waals surface area (Å²) in [5, 5.41) is 18.7. The maximum Gasteiger partial charge on any atom is 0.341 e. The molecule has 31 heavy (non-hydrogen) atoms. The summed E-state index contributed by atoms with van der Waals surface area (Å²) in [6.45, 7) is 4.11. The summed E-state index contributed by atoms with van der Waals surface area (Å²) < 4.78 is 21.2. The number of aromatic nitrogens is 1. The van der Waals surface area contributed by atoms with E-state index in [4.69, 9.17) is 16.3 Å². The molecule has 8 heteroatoms. The van der Waals surface area contributed by atoms with Crippen molar-refractivity contribution in [3.8, 4) is 5.75 Å². The molecule has 1 heterocycles. The van der Waals surface area contributed by atoms with E-state index in [-0.39, 0.29) is 30.0 Å². The molecule has 1 aromatic heterocycles. The average Bonchev–Trinajstić information content (AvgIpc) is 2.73. The van der Waals surface area contributed by atoms with Crippen LogP contribution in [0, 0.1) is 5.82 Å². The Kier molecular flexibility index (Phi) is 8.59. The average molecular weight is 450 g/mol. The first-order chi connectivity index (χ1) is 14.8. The van der Waals surface area contributed by atoms with Crippen LogP contribution in [-0.4, -0.2) is 34.5 Å². The molecule has 2 N–H and O–H groups in total.